The fourth-order valence-corrected chi connectivity index (χ4v) is 8.29. The summed E-state index contributed by atoms with van der Waals surface area (Å²) in [6.07, 6.45) is 56.8. The maximum Gasteiger partial charge on any atom is 0.472 e. The molecule has 0 rings (SSSR count). The maximum absolute atomic E-state index is 12.7. The summed E-state index contributed by atoms with van der Waals surface area (Å²) in [5.41, 5.74) is 0. The highest BCUT2D eigenvalue weighted by atomic mass is 31.2. The van der Waals surface area contributed by atoms with E-state index in [0.29, 0.717) is 6.61 Å². The zero-order valence-corrected chi connectivity index (χ0v) is 42.0. The number of esters is 1. The van der Waals surface area contributed by atoms with Crippen LogP contribution >= 0.6 is 7.82 Å². The van der Waals surface area contributed by atoms with Crippen LogP contribution in [0.5, 0.6) is 0 Å². The van der Waals surface area contributed by atoms with Gasteiger partial charge in [0.05, 0.1) is 26.4 Å². The van der Waals surface area contributed by atoms with E-state index in [-0.39, 0.29) is 25.6 Å². The van der Waals surface area contributed by atoms with Crippen LogP contribution in [0.3, 0.4) is 0 Å². The number of ether oxygens (including phenoxy) is 2. The summed E-state index contributed by atoms with van der Waals surface area (Å²) >= 11 is 0. The Morgan fingerprint density at radius 1 is 0.492 bits per heavy atom. The zero-order valence-electron chi connectivity index (χ0n) is 41.1. The molecule has 0 fully saturated rings. The third kappa shape index (κ3) is 49.9. The summed E-state index contributed by atoms with van der Waals surface area (Å²) in [7, 11) is -4.52. The summed E-state index contributed by atoms with van der Waals surface area (Å²) in [6, 6.07) is 0. The molecule has 0 aliphatic heterocycles. The fraction of sp³-hybridized carbons (Fsp3) is 0.868. The Hall–Kier alpha value is -1.32. The van der Waals surface area contributed by atoms with Crippen molar-refractivity contribution in [1.29, 1.82) is 0 Å². The van der Waals surface area contributed by atoms with E-state index in [4.69, 9.17) is 23.6 Å². The minimum atomic E-state index is -4.52. The van der Waals surface area contributed by atoms with Crippen molar-refractivity contribution in [3.8, 4) is 0 Å². The summed E-state index contributed by atoms with van der Waals surface area (Å²) in [5, 5.41) is 18.4. The van der Waals surface area contributed by atoms with Crippen LogP contribution in [0.2, 0.25) is 0 Å². The van der Waals surface area contributed by atoms with Gasteiger partial charge >= 0.3 is 13.8 Å². The molecule has 0 aliphatic rings. The van der Waals surface area contributed by atoms with E-state index in [0.717, 1.165) is 57.8 Å². The minimum absolute atomic E-state index is 0.0486. The SMILES string of the molecule is CCCCCCC/C=C\C/C=C\CCCCCCCCCCCCCCOCC(COP(=O)(O)OCC(O)CO)OC(=O)CCCCCCCCC/C=C\CCCCCCCCC. The molecule has 0 bridgehead atoms. The molecule has 0 saturated carbocycles. The van der Waals surface area contributed by atoms with Gasteiger partial charge in [-0.15, -0.1) is 0 Å². The lowest BCUT2D eigenvalue weighted by Gasteiger charge is -2.20. The average molecular weight is 913 g/mol. The van der Waals surface area contributed by atoms with Crippen molar-refractivity contribution in [3.63, 3.8) is 0 Å². The normalized spacial score (nSPS) is 14.0. The van der Waals surface area contributed by atoms with Gasteiger partial charge in [-0.05, 0) is 70.6 Å². The number of phosphoric acid groups is 1. The Labute approximate surface area is 388 Å². The molecule has 3 N–H and O–H groups in total. The average Bonchev–Trinajstić information content (AvgIpc) is 3.28. The van der Waals surface area contributed by atoms with Crippen molar-refractivity contribution in [3.05, 3.63) is 36.5 Å². The number of phosphoric ester groups is 1. The van der Waals surface area contributed by atoms with Crippen LogP contribution in [-0.2, 0) is 27.9 Å². The molecular weight excluding hydrogens is 812 g/mol. The van der Waals surface area contributed by atoms with Crippen LogP contribution in [0, 0.1) is 0 Å². The first-order valence-corrected chi connectivity index (χ1v) is 28.0. The van der Waals surface area contributed by atoms with Gasteiger partial charge in [0.15, 0.2) is 0 Å². The molecule has 0 amide bonds. The molecular formula is C53H101O9P. The first kappa shape index (κ1) is 61.7. The van der Waals surface area contributed by atoms with Crippen LogP contribution in [0.15, 0.2) is 36.5 Å². The largest absolute Gasteiger partial charge is 0.472 e. The highest BCUT2D eigenvalue weighted by molar-refractivity contribution is 7.47. The van der Waals surface area contributed by atoms with Crippen LogP contribution < -0.4 is 0 Å². The Balaban J connectivity index is 4.04. The van der Waals surface area contributed by atoms with Gasteiger partial charge in [0, 0.05) is 13.0 Å². The minimum Gasteiger partial charge on any atom is -0.457 e. The third-order valence-corrected chi connectivity index (χ3v) is 12.5. The quantitative estimate of drug-likeness (QED) is 0.0236. The van der Waals surface area contributed by atoms with E-state index in [9.17, 15) is 19.4 Å². The number of hydrogen-bond acceptors (Lipinski definition) is 8. The van der Waals surface area contributed by atoms with E-state index < -0.39 is 33.2 Å². The van der Waals surface area contributed by atoms with Crippen molar-refractivity contribution < 1.29 is 43.0 Å². The third-order valence-electron chi connectivity index (χ3n) is 11.5. The summed E-state index contributed by atoms with van der Waals surface area (Å²) in [6.45, 7) is 3.54. The van der Waals surface area contributed by atoms with Crippen LogP contribution in [-0.4, -0.2) is 66.3 Å². The first-order chi connectivity index (χ1) is 30.8. The van der Waals surface area contributed by atoms with Crippen molar-refractivity contribution in [2.24, 2.45) is 0 Å². The highest BCUT2D eigenvalue weighted by Gasteiger charge is 2.26. The Morgan fingerprint density at radius 2 is 0.857 bits per heavy atom. The second-order valence-corrected chi connectivity index (χ2v) is 19.3. The topological polar surface area (TPSA) is 132 Å². The number of aliphatic hydroxyl groups is 2. The lowest BCUT2D eigenvalue weighted by Crippen LogP contribution is -2.29. The number of aliphatic hydroxyl groups excluding tert-OH is 2. The lowest BCUT2D eigenvalue weighted by atomic mass is 10.0. The molecule has 0 heterocycles. The summed E-state index contributed by atoms with van der Waals surface area (Å²) < 4.78 is 33.6. The molecule has 9 nitrogen and oxygen atoms in total. The van der Waals surface area contributed by atoms with E-state index >= 15 is 0 Å². The van der Waals surface area contributed by atoms with Gasteiger partial charge in [-0.1, -0.05) is 211 Å². The van der Waals surface area contributed by atoms with E-state index in [2.05, 4.69) is 50.3 Å². The number of carbonyl (C=O) groups is 1. The van der Waals surface area contributed by atoms with Gasteiger partial charge in [-0.25, -0.2) is 4.57 Å². The number of hydrogen-bond donors (Lipinski definition) is 3. The van der Waals surface area contributed by atoms with Crippen LogP contribution in [0.1, 0.15) is 251 Å². The Kier molecular flexibility index (Phi) is 49.1. The van der Waals surface area contributed by atoms with Gasteiger partial charge in [0.1, 0.15) is 12.2 Å². The Morgan fingerprint density at radius 3 is 1.29 bits per heavy atom. The molecule has 0 aliphatic carbocycles. The molecule has 0 aromatic carbocycles. The van der Waals surface area contributed by atoms with E-state index in [1.165, 1.54) is 173 Å². The predicted molar refractivity (Wildman–Crippen MR) is 265 cm³/mol. The van der Waals surface area contributed by atoms with Crippen LogP contribution in [0.4, 0.5) is 0 Å². The molecule has 63 heavy (non-hydrogen) atoms. The molecule has 0 saturated heterocycles. The second kappa shape index (κ2) is 50.1. The Bertz CT molecular complexity index is 1080. The molecule has 3 atom stereocenters. The molecule has 372 valence electrons. The van der Waals surface area contributed by atoms with Gasteiger partial charge in [0.25, 0.3) is 0 Å². The van der Waals surface area contributed by atoms with E-state index in [1.54, 1.807) is 0 Å². The number of carbonyl (C=O) groups excluding carboxylic acids is 1. The van der Waals surface area contributed by atoms with Gasteiger partial charge in [0.2, 0.25) is 0 Å². The number of unbranched alkanes of at least 4 members (excludes halogenated alkanes) is 31. The zero-order chi connectivity index (χ0) is 46.0. The first-order valence-electron chi connectivity index (χ1n) is 26.5. The maximum atomic E-state index is 12.7. The van der Waals surface area contributed by atoms with E-state index in [1.807, 2.05) is 0 Å². The fourth-order valence-electron chi connectivity index (χ4n) is 7.50. The van der Waals surface area contributed by atoms with Gasteiger partial charge in [-0.2, -0.15) is 0 Å². The van der Waals surface area contributed by atoms with Gasteiger partial charge < -0.3 is 24.6 Å². The summed E-state index contributed by atoms with van der Waals surface area (Å²) in [5.74, 6) is -0.384. The molecule has 0 aromatic rings. The van der Waals surface area contributed by atoms with Crippen molar-refractivity contribution >= 4 is 13.8 Å². The molecule has 3 unspecified atom stereocenters. The molecule has 0 radical (unpaired) electrons. The van der Waals surface area contributed by atoms with Crippen molar-refractivity contribution in [2.75, 3.05) is 33.0 Å². The van der Waals surface area contributed by atoms with Crippen LogP contribution in [0.25, 0.3) is 0 Å². The van der Waals surface area contributed by atoms with Crippen molar-refractivity contribution in [2.45, 2.75) is 264 Å². The molecule has 0 spiro atoms. The predicted octanol–water partition coefficient (Wildman–Crippen LogP) is 15.5. The summed E-state index contributed by atoms with van der Waals surface area (Å²) in [4.78, 5) is 22.7. The smallest absolute Gasteiger partial charge is 0.457 e. The number of allylic oxidation sites excluding steroid dienone is 6. The standard InChI is InChI=1S/C53H101O9P/c1-3-5-7-9-11-13-15-17-19-21-23-24-25-26-27-28-30-32-34-36-38-40-42-44-46-59-49-52(50-61-63(57,58)60-48-51(55)47-54)62-53(56)45-43-41-39-37-35-33-31-29-22-20-18-16-14-12-10-8-6-4-2/h15,17,20-23,51-52,54-55H,3-14,16,18-19,24-50H2,1-2H3,(H,57,58)/b17-15-,22-20-,23-21-. The highest BCUT2D eigenvalue weighted by Crippen LogP contribution is 2.43. The lowest BCUT2D eigenvalue weighted by molar-refractivity contribution is -0.154. The monoisotopic (exact) mass is 913 g/mol. The second-order valence-electron chi connectivity index (χ2n) is 17.9. The molecule has 10 heteroatoms. The van der Waals surface area contributed by atoms with Gasteiger partial charge in [-0.3, -0.25) is 13.8 Å². The number of rotatable bonds is 51. The molecule has 0 aromatic heterocycles. The van der Waals surface area contributed by atoms with Crippen molar-refractivity contribution in [1.82, 2.24) is 0 Å².